The van der Waals surface area contributed by atoms with Gasteiger partial charge in [-0.2, -0.15) is 0 Å². The summed E-state index contributed by atoms with van der Waals surface area (Å²) in [5, 5.41) is 9.66. The first-order valence-corrected chi connectivity index (χ1v) is 4.61. The van der Waals surface area contributed by atoms with E-state index in [9.17, 15) is 4.79 Å². The molecule has 0 bridgehead atoms. The summed E-state index contributed by atoms with van der Waals surface area (Å²) < 4.78 is 4.77. The number of nitrogens with zero attached hydrogens (tertiary/aromatic N) is 2. The van der Waals surface area contributed by atoms with Crippen molar-refractivity contribution in [2.75, 3.05) is 19.7 Å². The van der Waals surface area contributed by atoms with Crippen LogP contribution >= 0.6 is 0 Å². The van der Waals surface area contributed by atoms with Crippen LogP contribution in [0, 0.1) is 0 Å². The zero-order chi connectivity index (χ0) is 9.97. The van der Waals surface area contributed by atoms with Gasteiger partial charge in [-0.05, 0) is 6.92 Å². The second-order valence-electron chi connectivity index (χ2n) is 3.12. The van der Waals surface area contributed by atoms with Crippen LogP contribution in [0.25, 0.3) is 0 Å². The van der Waals surface area contributed by atoms with E-state index in [1.54, 1.807) is 6.92 Å². The van der Waals surface area contributed by atoms with Crippen LogP contribution in [0.4, 0.5) is 0 Å². The molecule has 76 valence electrons. The second kappa shape index (κ2) is 3.75. The zero-order valence-electron chi connectivity index (χ0n) is 7.91. The van der Waals surface area contributed by atoms with Gasteiger partial charge in [0.25, 0.3) is 5.82 Å². The van der Waals surface area contributed by atoms with E-state index < -0.39 is 5.97 Å². The number of H-pyrrole nitrogens is 1. The average molecular weight is 196 g/mol. The molecule has 1 aromatic heterocycles. The molecule has 1 saturated heterocycles. The van der Waals surface area contributed by atoms with Crippen molar-refractivity contribution in [3.8, 4) is 0 Å². The summed E-state index contributed by atoms with van der Waals surface area (Å²) in [6.07, 6.45) is 0. The highest BCUT2D eigenvalue weighted by Gasteiger charge is 2.24. The number of aromatic nitrogens is 3. The van der Waals surface area contributed by atoms with Gasteiger partial charge in [-0.1, -0.05) is 0 Å². The SMILES string of the molecule is CCOC(=O)c1n[nH]c(C2CNC2)n1. The first kappa shape index (κ1) is 9.14. The van der Waals surface area contributed by atoms with E-state index in [2.05, 4.69) is 20.5 Å². The van der Waals surface area contributed by atoms with E-state index in [4.69, 9.17) is 4.74 Å². The molecular weight excluding hydrogens is 184 g/mol. The molecule has 1 aliphatic heterocycles. The number of esters is 1. The Morgan fingerprint density at radius 2 is 2.43 bits per heavy atom. The maximum Gasteiger partial charge on any atom is 0.378 e. The van der Waals surface area contributed by atoms with E-state index in [0.29, 0.717) is 12.5 Å². The normalized spacial score (nSPS) is 16.4. The van der Waals surface area contributed by atoms with Gasteiger partial charge in [0, 0.05) is 19.0 Å². The van der Waals surface area contributed by atoms with Crippen molar-refractivity contribution in [3.05, 3.63) is 11.6 Å². The topological polar surface area (TPSA) is 79.9 Å². The van der Waals surface area contributed by atoms with Crippen molar-refractivity contribution >= 4 is 5.97 Å². The predicted molar refractivity (Wildman–Crippen MR) is 47.9 cm³/mol. The molecule has 1 aromatic rings. The Morgan fingerprint density at radius 1 is 1.64 bits per heavy atom. The maximum atomic E-state index is 11.2. The first-order valence-electron chi connectivity index (χ1n) is 4.61. The van der Waals surface area contributed by atoms with Crippen LogP contribution in [0.3, 0.4) is 0 Å². The Morgan fingerprint density at radius 3 is 3.00 bits per heavy atom. The van der Waals surface area contributed by atoms with Crippen molar-refractivity contribution in [2.24, 2.45) is 0 Å². The molecule has 0 spiro atoms. The summed E-state index contributed by atoms with van der Waals surface area (Å²) in [4.78, 5) is 15.3. The molecule has 2 N–H and O–H groups in total. The Balaban J connectivity index is 2.05. The van der Waals surface area contributed by atoms with E-state index in [-0.39, 0.29) is 5.82 Å². The quantitative estimate of drug-likeness (QED) is 0.647. The molecule has 0 unspecified atom stereocenters. The lowest BCUT2D eigenvalue weighted by atomic mass is 10.0. The number of ether oxygens (including phenoxy) is 1. The number of rotatable bonds is 3. The Bertz CT molecular complexity index is 332. The van der Waals surface area contributed by atoms with Crippen molar-refractivity contribution in [1.29, 1.82) is 0 Å². The largest absolute Gasteiger partial charge is 0.460 e. The Labute approximate surface area is 81.1 Å². The molecule has 1 fully saturated rings. The zero-order valence-corrected chi connectivity index (χ0v) is 7.91. The fraction of sp³-hybridized carbons (Fsp3) is 0.625. The smallest absolute Gasteiger partial charge is 0.378 e. The monoisotopic (exact) mass is 196 g/mol. The number of nitrogens with one attached hydrogen (secondary N) is 2. The number of hydrogen-bond donors (Lipinski definition) is 2. The van der Waals surface area contributed by atoms with Crippen LogP contribution in [0.2, 0.25) is 0 Å². The molecule has 1 aliphatic rings. The highest BCUT2D eigenvalue weighted by Crippen LogP contribution is 2.14. The minimum atomic E-state index is -0.470. The second-order valence-corrected chi connectivity index (χ2v) is 3.12. The Kier molecular flexibility index (Phi) is 2.45. The number of hydrogen-bond acceptors (Lipinski definition) is 5. The predicted octanol–water partition coefficient (Wildman–Crippen LogP) is -0.332. The minimum absolute atomic E-state index is 0.119. The fourth-order valence-electron chi connectivity index (χ4n) is 1.23. The minimum Gasteiger partial charge on any atom is -0.460 e. The molecule has 0 saturated carbocycles. The van der Waals surface area contributed by atoms with Crippen molar-refractivity contribution in [3.63, 3.8) is 0 Å². The molecule has 0 amide bonds. The first-order chi connectivity index (χ1) is 6.81. The summed E-state index contributed by atoms with van der Waals surface area (Å²) in [6, 6.07) is 0. The third-order valence-electron chi connectivity index (χ3n) is 2.13. The van der Waals surface area contributed by atoms with Crippen molar-refractivity contribution in [2.45, 2.75) is 12.8 Å². The molecule has 6 nitrogen and oxygen atoms in total. The molecule has 14 heavy (non-hydrogen) atoms. The molecule has 0 aliphatic carbocycles. The number of carbonyl (C=O) groups is 1. The highest BCUT2D eigenvalue weighted by molar-refractivity contribution is 5.84. The van der Waals surface area contributed by atoms with Crippen LogP contribution in [0.1, 0.15) is 29.3 Å². The van der Waals surface area contributed by atoms with Crippen LogP contribution in [-0.4, -0.2) is 40.8 Å². The van der Waals surface area contributed by atoms with E-state index in [0.717, 1.165) is 18.9 Å². The van der Waals surface area contributed by atoms with Crippen molar-refractivity contribution in [1.82, 2.24) is 20.5 Å². The summed E-state index contributed by atoms with van der Waals surface area (Å²) in [5.41, 5.74) is 0. The van der Waals surface area contributed by atoms with Gasteiger partial charge in [-0.15, -0.1) is 5.10 Å². The van der Waals surface area contributed by atoms with Gasteiger partial charge in [-0.25, -0.2) is 9.78 Å². The molecule has 2 rings (SSSR count). The van der Waals surface area contributed by atoms with Gasteiger partial charge in [0.2, 0.25) is 0 Å². The van der Waals surface area contributed by atoms with E-state index in [1.165, 1.54) is 0 Å². The average Bonchev–Trinajstić information content (AvgIpc) is 2.50. The molecular formula is C8H12N4O2. The van der Waals surface area contributed by atoms with E-state index in [1.807, 2.05) is 0 Å². The highest BCUT2D eigenvalue weighted by atomic mass is 16.5. The number of aromatic amines is 1. The Hall–Kier alpha value is -1.43. The van der Waals surface area contributed by atoms with E-state index >= 15 is 0 Å². The molecule has 6 heteroatoms. The lowest BCUT2D eigenvalue weighted by Gasteiger charge is -2.24. The van der Waals surface area contributed by atoms with Crippen LogP contribution < -0.4 is 5.32 Å². The van der Waals surface area contributed by atoms with Crippen LogP contribution in [0.5, 0.6) is 0 Å². The summed E-state index contributed by atoms with van der Waals surface area (Å²) in [7, 11) is 0. The third kappa shape index (κ3) is 1.60. The molecule has 0 aromatic carbocycles. The summed E-state index contributed by atoms with van der Waals surface area (Å²) in [6.45, 7) is 3.87. The summed E-state index contributed by atoms with van der Waals surface area (Å²) >= 11 is 0. The molecule has 0 radical (unpaired) electrons. The van der Waals surface area contributed by atoms with Gasteiger partial charge in [0.15, 0.2) is 0 Å². The maximum absolute atomic E-state index is 11.2. The van der Waals surface area contributed by atoms with Gasteiger partial charge >= 0.3 is 5.97 Å². The fourth-order valence-corrected chi connectivity index (χ4v) is 1.23. The van der Waals surface area contributed by atoms with Gasteiger partial charge < -0.3 is 10.1 Å². The van der Waals surface area contributed by atoms with Crippen LogP contribution in [0.15, 0.2) is 0 Å². The summed E-state index contributed by atoms with van der Waals surface area (Å²) in [5.74, 6) is 0.758. The molecule has 0 atom stereocenters. The lowest BCUT2D eigenvalue weighted by Crippen LogP contribution is -2.40. The number of carbonyl (C=O) groups excluding carboxylic acids is 1. The van der Waals surface area contributed by atoms with Gasteiger partial charge in [-0.3, -0.25) is 5.10 Å². The van der Waals surface area contributed by atoms with Gasteiger partial charge in [0.05, 0.1) is 6.61 Å². The third-order valence-corrected chi connectivity index (χ3v) is 2.13. The standard InChI is InChI=1S/C8H12N4O2/c1-2-14-8(13)7-10-6(11-12-7)5-3-9-4-5/h5,9H,2-4H2,1H3,(H,10,11,12). The van der Waals surface area contributed by atoms with Gasteiger partial charge in [0.1, 0.15) is 5.82 Å². The lowest BCUT2D eigenvalue weighted by molar-refractivity contribution is 0.0512. The van der Waals surface area contributed by atoms with Crippen molar-refractivity contribution < 1.29 is 9.53 Å². The molecule has 2 heterocycles. The van der Waals surface area contributed by atoms with Crippen LogP contribution in [-0.2, 0) is 4.74 Å².